The van der Waals surface area contributed by atoms with E-state index in [4.69, 9.17) is 0 Å². The van der Waals surface area contributed by atoms with E-state index in [1.165, 1.54) is 27.8 Å². The van der Waals surface area contributed by atoms with Crippen LogP contribution in [0.1, 0.15) is 61.9 Å². The van der Waals surface area contributed by atoms with Crippen LogP contribution in [0.3, 0.4) is 0 Å². The summed E-state index contributed by atoms with van der Waals surface area (Å²) in [6, 6.07) is 17.8. The average Bonchev–Trinajstić information content (AvgIpc) is 2.64. The van der Waals surface area contributed by atoms with Gasteiger partial charge in [-0.15, -0.1) is 0 Å². The normalized spacial score (nSPS) is 20.0. The molecule has 0 spiro atoms. The van der Waals surface area contributed by atoms with E-state index in [1.807, 2.05) is 0 Å². The van der Waals surface area contributed by atoms with Crippen LogP contribution in [0.25, 0.3) is 11.1 Å². The van der Waals surface area contributed by atoms with Gasteiger partial charge in [-0.05, 0) is 40.7 Å². The molecular weight excluding hydrogens is 268 g/mol. The second-order valence-electron chi connectivity index (χ2n) is 6.35. The minimum absolute atomic E-state index is 0.0843. The van der Waals surface area contributed by atoms with Crippen LogP contribution >= 0.6 is 0 Å². The fourth-order valence-electron chi connectivity index (χ4n) is 3.56. The van der Waals surface area contributed by atoms with Crippen LogP contribution in [0, 0.1) is 11.3 Å². The van der Waals surface area contributed by atoms with Gasteiger partial charge in [-0.1, -0.05) is 56.3 Å². The Morgan fingerprint density at radius 1 is 1.09 bits per heavy atom. The molecule has 2 aromatic carbocycles. The highest BCUT2D eigenvalue weighted by Gasteiger charge is 2.27. The molecule has 2 aromatic rings. The number of fused-ring (bicyclic) bond motifs is 3. The number of hydrogen-bond donors (Lipinski definition) is 1. The summed E-state index contributed by atoms with van der Waals surface area (Å²) >= 11 is 0. The molecule has 0 aromatic heterocycles. The van der Waals surface area contributed by atoms with Crippen LogP contribution in [0.2, 0.25) is 0 Å². The van der Waals surface area contributed by atoms with E-state index in [0.29, 0.717) is 12.3 Å². The molecule has 0 radical (unpaired) electrons. The second kappa shape index (κ2) is 5.94. The Hall–Kier alpha value is -2.11. The summed E-state index contributed by atoms with van der Waals surface area (Å²) in [5.41, 5.74) is 6.52. The third-order valence-corrected chi connectivity index (χ3v) is 4.57. The summed E-state index contributed by atoms with van der Waals surface area (Å²) in [7, 11) is 0. The number of nitrogens with zero attached hydrogens (tertiary/aromatic N) is 1. The van der Waals surface area contributed by atoms with Gasteiger partial charge >= 0.3 is 0 Å². The summed E-state index contributed by atoms with van der Waals surface area (Å²) < 4.78 is 0. The van der Waals surface area contributed by atoms with Gasteiger partial charge in [0, 0.05) is 12.1 Å². The maximum atomic E-state index is 9.28. The Morgan fingerprint density at radius 2 is 1.82 bits per heavy atom. The third-order valence-electron chi connectivity index (χ3n) is 4.57. The molecule has 2 nitrogen and oxygen atoms in total. The lowest BCUT2D eigenvalue weighted by molar-refractivity contribution is 0.475. The van der Waals surface area contributed by atoms with E-state index in [-0.39, 0.29) is 12.1 Å². The Bertz CT molecular complexity index is 725. The number of rotatable bonds is 2. The highest BCUT2D eigenvalue weighted by molar-refractivity contribution is 5.74. The maximum absolute atomic E-state index is 9.28. The highest BCUT2D eigenvalue weighted by atomic mass is 15.0. The molecule has 1 aliphatic rings. The zero-order valence-corrected chi connectivity index (χ0v) is 13.4. The summed E-state index contributed by atoms with van der Waals surface area (Å²) in [4.78, 5) is 0. The molecule has 0 unspecified atom stereocenters. The van der Waals surface area contributed by atoms with Crippen LogP contribution < -0.4 is 5.32 Å². The second-order valence-corrected chi connectivity index (χ2v) is 6.35. The fraction of sp³-hybridized carbons (Fsp3) is 0.350. The predicted octanol–water partition coefficient (Wildman–Crippen LogP) is 5.10. The Labute approximate surface area is 132 Å². The zero-order chi connectivity index (χ0) is 15.7. The van der Waals surface area contributed by atoms with Gasteiger partial charge in [-0.2, -0.15) is 5.26 Å². The first-order valence-corrected chi connectivity index (χ1v) is 7.98. The first kappa shape index (κ1) is 14.8. The summed E-state index contributed by atoms with van der Waals surface area (Å²) in [6.45, 7) is 6.63. The van der Waals surface area contributed by atoms with Crippen molar-refractivity contribution in [2.45, 2.75) is 45.2 Å². The summed E-state index contributed by atoms with van der Waals surface area (Å²) in [5, 5.41) is 12.9. The first-order chi connectivity index (χ1) is 10.6. The van der Waals surface area contributed by atoms with Gasteiger partial charge in [0.15, 0.2) is 0 Å². The van der Waals surface area contributed by atoms with Crippen LogP contribution in [0.4, 0.5) is 0 Å². The molecule has 0 saturated heterocycles. The van der Waals surface area contributed by atoms with Gasteiger partial charge in [0.05, 0.1) is 12.5 Å². The molecule has 2 heteroatoms. The maximum Gasteiger partial charge on any atom is 0.0641 e. The lowest BCUT2D eigenvalue weighted by Crippen LogP contribution is -2.24. The zero-order valence-electron chi connectivity index (χ0n) is 13.4. The van der Waals surface area contributed by atoms with Gasteiger partial charge in [0.2, 0.25) is 0 Å². The molecule has 3 rings (SSSR count). The van der Waals surface area contributed by atoms with Crippen molar-refractivity contribution in [3.8, 4) is 17.2 Å². The smallest absolute Gasteiger partial charge is 0.0641 e. The molecule has 0 amide bonds. The number of hydrogen-bond acceptors (Lipinski definition) is 2. The third kappa shape index (κ3) is 2.42. The SMILES string of the molecule is CC(C)c1cccc2c1[C@H](CC#N)N[C@H](C)c1ccccc1-2. The van der Waals surface area contributed by atoms with E-state index in [0.717, 1.165) is 0 Å². The fourth-order valence-corrected chi connectivity index (χ4v) is 3.56. The van der Waals surface area contributed by atoms with Crippen molar-refractivity contribution in [3.05, 3.63) is 59.2 Å². The molecule has 0 saturated carbocycles. The van der Waals surface area contributed by atoms with E-state index in [9.17, 15) is 5.26 Å². The van der Waals surface area contributed by atoms with Crippen molar-refractivity contribution in [2.24, 2.45) is 0 Å². The summed E-state index contributed by atoms with van der Waals surface area (Å²) in [6.07, 6.45) is 0.495. The molecule has 112 valence electrons. The average molecular weight is 290 g/mol. The van der Waals surface area contributed by atoms with Crippen molar-refractivity contribution < 1.29 is 0 Å². The van der Waals surface area contributed by atoms with E-state index in [2.05, 4.69) is 74.6 Å². The van der Waals surface area contributed by atoms with Crippen molar-refractivity contribution >= 4 is 0 Å². The van der Waals surface area contributed by atoms with Gasteiger partial charge in [-0.3, -0.25) is 0 Å². The number of benzene rings is 2. The molecule has 0 fully saturated rings. The molecule has 1 heterocycles. The minimum atomic E-state index is 0.0843. The van der Waals surface area contributed by atoms with Gasteiger partial charge in [0.1, 0.15) is 0 Å². The van der Waals surface area contributed by atoms with Crippen LogP contribution in [-0.4, -0.2) is 0 Å². The lowest BCUT2D eigenvalue weighted by Gasteiger charge is -2.23. The van der Waals surface area contributed by atoms with Gasteiger partial charge < -0.3 is 5.32 Å². The topological polar surface area (TPSA) is 35.8 Å². The monoisotopic (exact) mass is 290 g/mol. The highest BCUT2D eigenvalue weighted by Crippen LogP contribution is 2.42. The van der Waals surface area contributed by atoms with Crippen LogP contribution in [0.5, 0.6) is 0 Å². The lowest BCUT2D eigenvalue weighted by atomic mass is 9.85. The standard InChI is InChI=1S/C20H22N2/c1-13(2)15-9-6-10-18-17-8-5-4-7-16(17)14(3)22-19(11-12-21)20(15)18/h4-10,13-14,19,22H,11H2,1-3H3/t14-,19+/m1/s1. The first-order valence-electron chi connectivity index (χ1n) is 7.98. The van der Waals surface area contributed by atoms with E-state index < -0.39 is 0 Å². The minimum Gasteiger partial charge on any atom is -0.302 e. The Balaban J connectivity index is 2.30. The van der Waals surface area contributed by atoms with E-state index >= 15 is 0 Å². The van der Waals surface area contributed by atoms with Crippen molar-refractivity contribution in [1.29, 1.82) is 5.26 Å². The van der Waals surface area contributed by atoms with E-state index in [1.54, 1.807) is 0 Å². The van der Waals surface area contributed by atoms with Crippen molar-refractivity contribution in [2.75, 3.05) is 0 Å². The van der Waals surface area contributed by atoms with Crippen LogP contribution in [0.15, 0.2) is 42.5 Å². The van der Waals surface area contributed by atoms with Crippen molar-refractivity contribution in [1.82, 2.24) is 5.32 Å². The Morgan fingerprint density at radius 3 is 2.55 bits per heavy atom. The van der Waals surface area contributed by atoms with Crippen LogP contribution in [-0.2, 0) is 0 Å². The molecule has 1 N–H and O–H groups in total. The molecular formula is C20H22N2. The molecule has 0 aliphatic carbocycles. The molecule has 0 bridgehead atoms. The number of nitriles is 1. The summed E-state index contributed by atoms with van der Waals surface area (Å²) in [5.74, 6) is 0.443. The Kier molecular flexibility index (Phi) is 4.00. The van der Waals surface area contributed by atoms with Crippen molar-refractivity contribution in [3.63, 3.8) is 0 Å². The molecule has 22 heavy (non-hydrogen) atoms. The quantitative estimate of drug-likeness (QED) is 0.835. The predicted molar refractivity (Wildman–Crippen MR) is 90.5 cm³/mol. The number of nitrogens with one attached hydrogen (secondary N) is 1. The van der Waals surface area contributed by atoms with Gasteiger partial charge in [-0.25, -0.2) is 0 Å². The molecule has 1 aliphatic heterocycles. The largest absolute Gasteiger partial charge is 0.302 e. The van der Waals surface area contributed by atoms with Gasteiger partial charge in [0.25, 0.3) is 0 Å². The molecule has 2 atom stereocenters.